The van der Waals surface area contributed by atoms with Crippen LogP contribution in [-0.4, -0.2) is 36.2 Å². The number of benzene rings is 1. The Balaban J connectivity index is 1.76. The van der Waals surface area contributed by atoms with Gasteiger partial charge in [0.15, 0.2) is 16.7 Å². The molecule has 2 heterocycles. The Morgan fingerprint density at radius 2 is 2.09 bits per heavy atom. The summed E-state index contributed by atoms with van der Waals surface area (Å²) in [7, 11) is 1.42. The maximum atomic E-state index is 13.7. The molecule has 3 rings (SSSR count). The molecule has 0 aromatic heterocycles. The molecule has 116 valence electrons. The minimum atomic E-state index is -0.440. The van der Waals surface area contributed by atoms with Crippen LogP contribution in [0.1, 0.15) is 24.8 Å². The second-order valence-electron chi connectivity index (χ2n) is 5.25. The van der Waals surface area contributed by atoms with Gasteiger partial charge >= 0.3 is 0 Å². The number of aliphatic imine (C=N–C) groups is 1. The Labute approximate surface area is 133 Å². The second-order valence-corrected chi connectivity index (χ2v) is 6.26. The van der Waals surface area contributed by atoms with Gasteiger partial charge in [0.25, 0.3) is 5.91 Å². The standard InChI is InChI=1S/C16H17FN2O2S/c1-21-13-6-5-11(9-12(13)17)10-14-15(20)18-16(22-14)19-7-3-2-4-8-19/h5-6,9-10H,2-4,7-8H2,1H3. The molecule has 0 spiro atoms. The molecule has 0 radical (unpaired) electrons. The summed E-state index contributed by atoms with van der Waals surface area (Å²) < 4.78 is 18.6. The summed E-state index contributed by atoms with van der Waals surface area (Å²) in [4.78, 5) is 18.8. The Kier molecular flexibility index (Phi) is 4.47. The molecule has 0 atom stereocenters. The fraction of sp³-hybridized carbons (Fsp3) is 0.375. The van der Waals surface area contributed by atoms with E-state index in [-0.39, 0.29) is 11.7 Å². The molecule has 1 aromatic carbocycles. The Bertz CT molecular complexity index is 652. The van der Waals surface area contributed by atoms with Gasteiger partial charge in [-0.3, -0.25) is 4.79 Å². The van der Waals surface area contributed by atoms with Crippen LogP contribution in [0.25, 0.3) is 6.08 Å². The zero-order chi connectivity index (χ0) is 15.5. The third kappa shape index (κ3) is 3.16. The molecule has 1 aromatic rings. The summed E-state index contributed by atoms with van der Waals surface area (Å²) in [5.74, 6) is -0.496. The first-order chi connectivity index (χ1) is 10.7. The Morgan fingerprint density at radius 3 is 2.77 bits per heavy atom. The molecule has 0 bridgehead atoms. The van der Waals surface area contributed by atoms with Crippen molar-refractivity contribution in [3.05, 3.63) is 34.5 Å². The average molecular weight is 320 g/mol. The van der Waals surface area contributed by atoms with Gasteiger partial charge < -0.3 is 9.64 Å². The lowest BCUT2D eigenvalue weighted by atomic mass is 10.1. The lowest BCUT2D eigenvalue weighted by Crippen LogP contribution is -2.33. The highest BCUT2D eigenvalue weighted by Gasteiger charge is 2.26. The highest BCUT2D eigenvalue weighted by molar-refractivity contribution is 8.18. The number of hydrogen-bond acceptors (Lipinski definition) is 4. The first-order valence-electron chi connectivity index (χ1n) is 7.28. The monoisotopic (exact) mass is 320 g/mol. The van der Waals surface area contributed by atoms with E-state index in [2.05, 4.69) is 9.89 Å². The van der Waals surface area contributed by atoms with E-state index in [0.717, 1.165) is 31.1 Å². The van der Waals surface area contributed by atoms with Gasteiger partial charge in [0.1, 0.15) is 0 Å². The number of piperidine rings is 1. The molecular weight excluding hydrogens is 303 g/mol. The van der Waals surface area contributed by atoms with Gasteiger partial charge in [-0.05, 0) is 54.8 Å². The zero-order valence-electron chi connectivity index (χ0n) is 12.3. The second kappa shape index (κ2) is 6.52. The van der Waals surface area contributed by atoms with Crippen molar-refractivity contribution in [3.63, 3.8) is 0 Å². The third-order valence-electron chi connectivity index (χ3n) is 3.71. The van der Waals surface area contributed by atoms with Crippen LogP contribution < -0.4 is 4.74 Å². The lowest BCUT2D eigenvalue weighted by Gasteiger charge is -2.27. The van der Waals surface area contributed by atoms with Crippen molar-refractivity contribution >= 4 is 28.9 Å². The van der Waals surface area contributed by atoms with Crippen LogP contribution in [0.5, 0.6) is 5.75 Å². The van der Waals surface area contributed by atoms with Gasteiger partial charge in [-0.1, -0.05) is 6.07 Å². The maximum Gasteiger partial charge on any atom is 0.286 e. The fourth-order valence-electron chi connectivity index (χ4n) is 2.54. The molecule has 1 amide bonds. The minimum Gasteiger partial charge on any atom is -0.494 e. The predicted molar refractivity (Wildman–Crippen MR) is 86.4 cm³/mol. The molecule has 0 unspecified atom stereocenters. The summed E-state index contributed by atoms with van der Waals surface area (Å²) >= 11 is 1.37. The number of carbonyl (C=O) groups is 1. The summed E-state index contributed by atoms with van der Waals surface area (Å²) in [6, 6.07) is 4.64. The maximum absolute atomic E-state index is 13.7. The number of halogens is 1. The summed E-state index contributed by atoms with van der Waals surface area (Å²) in [5.41, 5.74) is 0.629. The van der Waals surface area contributed by atoms with Crippen LogP contribution in [0.4, 0.5) is 4.39 Å². The van der Waals surface area contributed by atoms with Gasteiger partial charge in [0.05, 0.1) is 12.0 Å². The number of ether oxygens (including phenoxy) is 1. The van der Waals surface area contributed by atoms with E-state index < -0.39 is 5.82 Å². The van der Waals surface area contributed by atoms with Crippen molar-refractivity contribution in [2.75, 3.05) is 20.2 Å². The van der Waals surface area contributed by atoms with Crippen LogP contribution in [0, 0.1) is 5.82 Å². The van der Waals surface area contributed by atoms with Crippen molar-refractivity contribution < 1.29 is 13.9 Å². The summed E-state index contributed by atoms with van der Waals surface area (Å²) in [6.07, 6.45) is 5.18. The highest BCUT2D eigenvalue weighted by atomic mass is 32.2. The molecule has 2 aliphatic rings. The molecule has 0 N–H and O–H groups in total. The van der Waals surface area contributed by atoms with E-state index in [9.17, 15) is 9.18 Å². The molecule has 4 nitrogen and oxygen atoms in total. The van der Waals surface area contributed by atoms with Gasteiger partial charge in [-0.15, -0.1) is 0 Å². The van der Waals surface area contributed by atoms with Crippen molar-refractivity contribution in [1.29, 1.82) is 0 Å². The SMILES string of the molecule is COc1ccc(C=C2SC(N3CCCCC3)=NC2=O)cc1F. The fourth-order valence-corrected chi connectivity index (χ4v) is 3.51. The van der Waals surface area contributed by atoms with E-state index in [1.165, 1.54) is 31.4 Å². The third-order valence-corrected chi connectivity index (χ3v) is 4.75. The van der Waals surface area contributed by atoms with Crippen molar-refractivity contribution in [3.8, 4) is 5.75 Å². The number of hydrogen-bond donors (Lipinski definition) is 0. The lowest BCUT2D eigenvalue weighted by molar-refractivity contribution is -0.113. The number of rotatable bonds is 2. The molecule has 1 saturated heterocycles. The summed E-state index contributed by atoms with van der Waals surface area (Å²) in [6.45, 7) is 1.90. The van der Waals surface area contributed by atoms with Gasteiger partial charge in [-0.2, -0.15) is 4.99 Å². The van der Waals surface area contributed by atoms with Crippen LogP contribution in [-0.2, 0) is 4.79 Å². The Hall–Kier alpha value is -1.82. The number of likely N-dealkylation sites (tertiary alicyclic amines) is 1. The van der Waals surface area contributed by atoms with Crippen LogP contribution in [0.2, 0.25) is 0 Å². The first-order valence-corrected chi connectivity index (χ1v) is 8.10. The van der Waals surface area contributed by atoms with Crippen molar-refractivity contribution in [2.45, 2.75) is 19.3 Å². The summed E-state index contributed by atoms with van der Waals surface area (Å²) in [5, 5.41) is 0.768. The molecule has 1 fully saturated rings. The zero-order valence-corrected chi connectivity index (χ0v) is 13.2. The van der Waals surface area contributed by atoms with Gasteiger partial charge in [-0.25, -0.2) is 4.39 Å². The van der Waals surface area contributed by atoms with Crippen LogP contribution >= 0.6 is 11.8 Å². The molecular formula is C16H17FN2O2S. The molecule has 0 aliphatic carbocycles. The average Bonchev–Trinajstić information content (AvgIpc) is 2.89. The molecule has 2 aliphatic heterocycles. The van der Waals surface area contributed by atoms with E-state index in [4.69, 9.17) is 4.74 Å². The van der Waals surface area contributed by atoms with Crippen molar-refractivity contribution in [1.82, 2.24) is 4.90 Å². The number of methoxy groups -OCH3 is 1. The molecule has 0 saturated carbocycles. The normalized spacial score (nSPS) is 20.5. The van der Waals surface area contributed by atoms with Gasteiger partial charge in [0.2, 0.25) is 0 Å². The number of amidine groups is 1. The number of nitrogens with zero attached hydrogens (tertiary/aromatic N) is 2. The van der Waals surface area contributed by atoms with E-state index in [1.54, 1.807) is 18.2 Å². The first kappa shape index (κ1) is 15.1. The van der Waals surface area contributed by atoms with Crippen LogP contribution in [0.15, 0.2) is 28.1 Å². The predicted octanol–water partition coefficient (Wildman–Crippen LogP) is 3.29. The molecule has 6 heteroatoms. The van der Waals surface area contributed by atoms with E-state index in [0.29, 0.717) is 10.5 Å². The topological polar surface area (TPSA) is 41.9 Å². The van der Waals surface area contributed by atoms with Gasteiger partial charge in [0, 0.05) is 13.1 Å². The number of carbonyl (C=O) groups excluding carboxylic acids is 1. The Morgan fingerprint density at radius 1 is 1.32 bits per heavy atom. The van der Waals surface area contributed by atoms with Crippen molar-refractivity contribution in [2.24, 2.45) is 4.99 Å². The highest BCUT2D eigenvalue weighted by Crippen LogP contribution is 2.32. The number of amides is 1. The number of thioether (sulfide) groups is 1. The van der Waals surface area contributed by atoms with E-state index in [1.807, 2.05) is 0 Å². The van der Waals surface area contributed by atoms with E-state index >= 15 is 0 Å². The quantitative estimate of drug-likeness (QED) is 0.784. The minimum absolute atomic E-state index is 0.192. The smallest absolute Gasteiger partial charge is 0.286 e. The largest absolute Gasteiger partial charge is 0.494 e. The van der Waals surface area contributed by atoms with Crippen LogP contribution in [0.3, 0.4) is 0 Å². The molecule has 22 heavy (non-hydrogen) atoms.